The number of nitrogens with zero attached hydrogens (tertiary/aromatic N) is 2. The van der Waals surface area contributed by atoms with E-state index in [1.165, 1.54) is 36.8 Å². The van der Waals surface area contributed by atoms with Crippen molar-refractivity contribution in [2.24, 2.45) is 11.8 Å². The van der Waals surface area contributed by atoms with E-state index in [1.807, 2.05) is 18.2 Å². The average Bonchev–Trinajstić information content (AvgIpc) is 2.81. The van der Waals surface area contributed by atoms with Gasteiger partial charge in [0.1, 0.15) is 0 Å². The Bertz CT molecular complexity index is 804. The molecule has 30 heavy (non-hydrogen) atoms. The van der Waals surface area contributed by atoms with Gasteiger partial charge in [0.15, 0.2) is 0 Å². The third-order valence-corrected chi connectivity index (χ3v) is 6.09. The summed E-state index contributed by atoms with van der Waals surface area (Å²) in [4.78, 5) is 6.89. The number of ether oxygens (including phenoxy) is 1. The van der Waals surface area contributed by atoms with E-state index in [9.17, 15) is 0 Å². The van der Waals surface area contributed by atoms with Crippen LogP contribution in [0.4, 0.5) is 0 Å². The quantitative estimate of drug-likeness (QED) is 0.442. The first-order valence-corrected chi connectivity index (χ1v) is 11.2. The fourth-order valence-corrected chi connectivity index (χ4v) is 4.45. The number of pyridine rings is 1. The third kappa shape index (κ3) is 6.43. The molecule has 1 saturated carbocycles. The average molecular weight is 401 g/mol. The Balaban J connectivity index is 1.29. The molecule has 0 spiro atoms. The highest BCUT2D eigenvalue weighted by atomic mass is 16.5. The van der Waals surface area contributed by atoms with Gasteiger partial charge in [0.05, 0.1) is 6.61 Å². The standard InChI is InChI=1S/C27H32N2O/c1-3-9-23(10-4-1)19-29(20-24-11-5-2-6-12-24)21-25-14-16-26(17-15-25)22-30-27-13-7-8-18-28-27/h1-13,18,25-26H,14-17,19-22H2/t25-,26+. The van der Waals surface area contributed by atoms with Gasteiger partial charge in [-0.3, -0.25) is 4.90 Å². The van der Waals surface area contributed by atoms with Gasteiger partial charge in [-0.1, -0.05) is 66.7 Å². The van der Waals surface area contributed by atoms with Crippen molar-refractivity contribution in [1.29, 1.82) is 0 Å². The third-order valence-electron chi connectivity index (χ3n) is 6.09. The van der Waals surface area contributed by atoms with Crippen LogP contribution in [0.3, 0.4) is 0 Å². The Labute approximate surface area is 180 Å². The molecule has 1 heterocycles. The van der Waals surface area contributed by atoms with Crippen LogP contribution in [0.2, 0.25) is 0 Å². The van der Waals surface area contributed by atoms with Crippen LogP contribution in [0.25, 0.3) is 0 Å². The van der Waals surface area contributed by atoms with Crippen LogP contribution in [-0.4, -0.2) is 23.0 Å². The van der Waals surface area contributed by atoms with Gasteiger partial charge in [-0.25, -0.2) is 4.98 Å². The van der Waals surface area contributed by atoms with E-state index in [4.69, 9.17) is 4.74 Å². The summed E-state index contributed by atoms with van der Waals surface area (Å²) < 4.78 is 5.90. The summed E-state index contributed by atoms with van der Waals surface area (Å²) >= 11 is 0. The zero-order valence-corrected chi connectivity index (χ0v) is 17.7. The van der Waals surface area contributed by atoms with Crippen LogP contribution in [0.5, 0.6) is 5.88 Å². The lowest BCUT2D eigenvalue weighted by atomic mass is 9.82. The molecule has 0 bridgehead atoms. The van der Waals surface area contributed by atoms with Crippen LogP contribution in [0, 0.1) is 11.8 Å². The SMILES string of the molecule is c1ccc(CN(Cc2ccccc2)C[C@H]2CC[C@@H](COc3ccccn3)CC2)cc1. The minimum atomic E-state index is 0.653. The van der Waals surface area contributed by atoms with Gasteiger partial charge < -0.3 is 4.74 Å². The molecule has 0 N–H and O–H groups in total. The van der Waals surface area contributed by atoms with E-state index in [2.05, 4.69) is 70.5 Å². The molecule has 0 saturated heterocycles. The first-order chi connectivity index (χ1) is 14.8. The molecule has 156 valence electrons. The van der Waals surface area contributed by atoms with E-state index in [0.29, 0.717) is 5.92 Å². The molecule has 1 fully saturated rings. The van der Waals surface area contributed by atoms with Crippen molar-refractivity contribution in [3.05, 3.63) is 96.2 Å². The van der Waals surface area contributed by atoms with Crippen LogP contribution in [0.1, 0.15) is 36.8 Å². The fraction of sp³-hybridized carbons (Fsp3) is 0.370. The largest absolute Gasteiger partial charge is 0.477 e. The molecule has 0 atom stereocenters. The smallest absolute Gasteiger partial charge is 0.213 e. The number of benzene rings is 2. The maximum atomic E-state index is 5.90. The summed E-state index contributed by atoms with van der Waals surface area (Å²) in [7, 11) is 0. The number of aromatic nitrogens is 1. The van der Waals surface area contributed by atoms with E-state index >= 15 is 0 Å². The second-order valence-electron chi connectivity index (χ2n) is 8.51. The van der Waals surface area contributed by atoms with Crippen LogP contribution in [-0.2, 0) is 13.1 Å². The van der Waals surface area contributed by atoms with Gasteiger partial charge in [0.25, 0.3) is 0 Å². The Morgan fingerprint density at radius 3 is 1.83 bits per heavy atom. The van der Waals surface area contributed by atoms with Crippen molar-refractivity contribution in [2.75, 3.05) is 13.2 Å². The van der Waals surface area contributed by atoms with Gasteiger partial charge in [0, 0.05) is 31.9 Å². The molecule has 3 aromatic rings. The first kappa shape index (κ1) is 20.6. The summed E-state index contributed by atoms with van der Waals surface area (Å²) in [6.45, 7) is 3.98. The summed E-state index contributed by atoms with van der Waals surface area (Å²) in [6.07, 6.45) is 6.87. The lowest BCUT2D eigenvalue weighted by Crippen LogP contribution is -2.32. The Kier molecular flexibility index (Phi) is 7.51. The Morgan fingerprint density at radius 1 is 0.700 bits per heavy atom. The molecular weight excluding hydrogens is 368 g/mol. The normalized spacial score (nSPS) is 19.0. The molecule has 1 aliphatic rings. The van der Waals surface area contributed by atoms with E-state index < -0.39 is 0 Å². The molecule has 0 aliphatic heterocycles. The monoisotopic (exact) mass is 400 g/mol. The maximum absolute atomic E-state index is 5.90. The molecule has 1 aromatic heterocycles. The molecule has 3 heteroatoms. The lowest BCUT2D eigenvalue weighted by molar-refractivity contribution is 0.141. The van der Waals surface area contributed by atoms with Gasteiger partial charge in [0.2, 0.25) is 5.88 Å². The zero-order chi connectivity index (χ0) is 20.4. The van der Waals surface area contributed by atoms with Crippen LogP contribution >= 0.6 is 0 Å². The minimum absolute atomic E-state index is 0.653. The van der Waals surface area contributed by atoms with Crippen molar-refractivity contribution >= 4 is 0 Å². The van der Waals surface area contributed by atoms with Gasteiger partial charge in [-0.05, 0) is 54.7 Å². The summed E-state index contributed by atoms with van der Waals surface area (Å²) in [5.41, 5.74) is 2.79. The van der Waals surface area contributed by atoms with E-state index in [0.717, 1.165) is 38.0 Å². The summed E-state index contributed by atoms with van der Waals surface area (Å²) in [5.74, 6) is 2.17. The Hall–Kier alpha value is -2.65. The highest BCUT2D eigenvalue weighted by molar-refractivity contribution is 5.17. The van der Waals surface area contributed by atoms with Crippen molar-refractivity contribution in [1.82, 2.24) is 9.88 Å². The highest BCUT2D eigenvalue weighted by Gasteiger charge is 2.24. The Morgan fingerprint density at radius 2 is 1.27 bits per heavy atom. The van der Waals surface area contributed by atoms with E-state index in [1.54, 1.807) is 6.20 Å². The number of hydrogen-bond donors (Lipinski definition) is 0. The fourth-order valence-electron chi connectivity index (χ4n) is 4.45. The molecule has 2 aromatic carbocycles. The molecule has 0 unspecified atom stereocenters. The molecule has 3 nitrogen and oxygen atoms in total. The van der Waals surface area contributed by atoms with Gasteiger partial charge in [-0.2, -0.15) is 0 Å². The maximum Gasteiger partial charge on any atom is 0.213 e. The van der Waals surface area contributed by atoms with Gasteiger partial charge in [-0.15, -0.1) is 0 Å². The molecule has 1 aliphatic carbocycles. The van der Waals surface area contributed by atoms with Crippen molar-refractivity contribution in [3.63, 3.8) is 0 Å². The van der Waals surface area contributed by atoms with Crippen molar-refractivity contribution < 1.29 is 4.74 Å². The second-order valence-corrected chi connectivity index (χ2v) is 8.51. The summed E-state index contributed by atoms with van der Waals surface area (Å²) in [5, 5.41) is 0. The van der Waals surface area contributed by atoms with Crippen LogP contribution in [0.15, 0.2) is 85.1 Å². The zero-order valence-electron chi connectivity index (χ0n) is 17.7. The molecule has 0 radical (unpaired) electrons. The molecule has 0 amide bonds. The molecule has 4 rings (SSSR count). The van der Waals surface area contributed by atoms with Crippen LogP contribution < -0.4 is 4.74 Å². The van der Waals surface area contributed by atoms with Crippen molar-refractivity contribution in [3.8, 4) is 5.88 Å². The van der Waals surface area contributed by atoms with Crippen molar-refractivity contribution in [2.45, 2.75) is 38.8 Å². The number of hydrogen-bond acceptors (Lipinski definition) is 3. The van der Waals surface area contributed by atoms with Gasteiger partial charge >= 0.3 is 0 Å². The predicted molar refractivity (Wildman–Crippen MR) is 122 cm³/mol. The second kappa shape index (κ2) is 10.9. The van der Waals surface area contributed by atoms with E-state index in [-0.39, 0.29) is 0 Å². The lowest BCUT2D eigenvalue weighted by Gasteiger charge is -2.33. The highest BCUT2D eigenvalue weighted by Crippen LogP contribution is 2.30. The number of rotatable bonds is 9. The minimum Gasteiger partial charge on any atom is -0.477 e. The summed E-state index contributed by atoms with van der Waals surface area (Å²) in [6, 6.07) is 27.6. The topological polar surface area (TPSA) is 25.4 Å². The molecular formula is C27H32N2O. The first-order valence-electron chi connectivity index (χ1n) is 11.2. The predicted octanol–water partition coefficient (Wildman–Crippen LogP) is 5.97.